The Morgan fingerprint density at radius 2 is 2.00 bits per heavy atom. The molecule has 0 aromatic carbocycles. The number of amides is 1. The van der Waals surface area contributed by atoms with Crippen LogP contribution >= 0.6 is 0 Å². The van der Waals surface area contributed by atoms with Gasteiger partial charge in [0.1, 0.15) is 5.84 Å². The molecule has 3 fully saturated rings. The molecule has 0 saturated heterocycles. The van der Waals surface area contributed by atoms with Crippen LogP contribution in [0.2, 0.25) is 0 Å². The smallest absolute Gasteiger partial charge is 0.226 e. The average Bonchev–Trinajstić information content (AvgIpc) is 2.83. The molecule has 5 unspecified atom stereocenters. The number of carbonyl (C=O) groups is 1. The Hall–Kier alpha value is -1.26. The summed E-state index contributed by atoms with van der Waals surface area (Å²) < 4.78 is 0. The summed E-state index contributed by atoms with van der Waals surface area (Å²) in [6.45, 7) is 2.40. The third-order valence-electron chi connectivity index (χ3n) is 5.56. The standard InChI is InChI=1S/C14H23N3O2/c1-7(13(15)16-19)6-17(2)14(18)12-10-8-3-4-9(5-8)11(10)12/h7-12,19H,3-6H2,1-2H3,(H2,15,16). The van der Waals surface area contributed by atoms with Crippen molar-refractivity contribution in [1.82, 2.24) is 4.90 Å². The second kappa shape index (κ2) is 4.39. The number of hydrogen-bond acceptors (Lipinski definition) is 3. The molecule has 3 N–H and O–H groups in total. The third-order valence-corrected chi connectivity index (χ3v) is 5.56. The van der Waals surface area contributed by atoms with Gasteiger partial charge >= 0.3 is 0 Å². The summed E-state index contributed by atoms with van der Waals surface area (Å²) >= 11 is 0. The molecule has 0 aromatic heterocycles. The fraction of sp³-hybridized carbons (Fsp3) is 0.857. The Kier molecular flexibility index (Phi) is 2.95. The molecule has 5 nitrogen and oxygen atoms in total. The summed E-state index contributed by atoms with van der Waals surface area (Å²) in [7, 11) is 1.83. The largest absolute Gasteiger partial charge is 0.409 e. The van der Waals surface area contributed by atoms with Gasteiger partial charge in [-0.25, -0.2) is 0 Å². The van der Waals surface area contributed by atoms with Crippen molar-refractivity contribution in [2.45, 2.75) is 26.2 Å². The summed E-state index contributed by atoms with van der Waals surface area (Å²) in [5, 5.41) is 11.7. The van der Waals surface area contributed by atoms with Gasteiger partial charge in [-0.1, -0.05) is 12.1 Å². The number of fused-ring (bicyclic) bond motifs is 5. The van der Waals surface area contributed by atoms with Crippen molar-refractivity contribution in [3.8, 4) is 0 Å². The average molecular weight is 265 g/mol. The van der Waals surface area contributed by atoms with Crippen LogP contribution in [0.1, 0.15) is 26.2 Å². The molecule has 3 aliphatic carbocycles. The van der Waals surface area contributed by atoms with E-state index in [2.05, 4.69) is 5.16 Å². The van der Waals surface area contributed by atoms with Gasteiger partial charge < -0.3 is 15.8 Å². The first-order chi connectivity index (χ1) is 9.04. The van der Waals surface area contributed by atoms with E-state index < -0.39 is 0 Å². The maximum atomic E-state index is 12.5. The van der Waals surface area contributed by atoms with E-state index in [0.29, 0.717) is 18.4 Å². The lowest BCUT2D eigenvalue weighted by Crippen LogP contribution is -2.37. The molecule has 106 valence electrons. The van der Waals surface area contributed by atoms with E-state index in [1.165, 1.54) is 19.3 Å². The zero-order valence-electron chi connectivity index (χ0n) is 11.6. The van der Waals surface area contributed by atoms with E-state index in [4.69, 9.17) is 10.9 Å². The summed E-state index contributed by atoms with van der Waals surface area (Å²) in [5.74, 6) is 3.61. The Balaban J connectivity index is 1.57. The molecule has 1 amide bonds. The van der Waals surface area contributed by atoms with Gasteiger partial charge in [0.2, 0.25) is 5.91 Å². The van der Waals surface area contributed by atoms with Crippen LogP contribution < -0.4 is 5.73 Å². The van der Waals surface area contributed by atoms with Crippen LogP contribution in [-0.4, -0.2) is 35.4 Å². The predicted molar refractivity (Wildman–Crippen MR) is 71.5 cm³/mol. The molecule has 3 aliphatic rings. The number of oxime groups is 1. The Morgan fingerprint density at radius 3 is 2.53 bits per heavy atom. The Labute approximate surface area is 113 Å². The first kappa shape index (κ1) is 12.8. The molecule has 2 bridgehead atoms. The molecule has 0 aliphatic heterocycles. The summed E-state index contributed by atoms with van der Waals surface area (Å²) in [6.07, 6.45) is 4.03. The lowest BCUT2D eigenvalue weighted by atomic mass is 10.0. The van der Waals surface area contributed by atoms with Gasteiger partial charge in [0, 0.05) is 25.4 Å². The number of carbonyl (C=O) groups excluding carboxylic acids is 1. The summed E-state index contributed by atoms with van der Waals surface area (Å²) in [5.41, 5.74) is 5.56. The minimum absolute atomic E-state index is 0.103. The van der Waals surface area contributed by atoms with Crippen molar-refractivity contribution in [1.29, 1.82) is 0 Å². The highest BCUT2D eigenvalue weighted by Crippen LogP contribution is 2.69. The molecule has 0 radical (unpaired) electrons. The highest BCUT2D eigenvalue weighted by Gasteiger charge is 2.67. The predicted octanol–water partition coefficient (Wildman–Crippen LogP) is 1.12. The number of amidine groups is 1. The molecular formula is C14H23N3O2. The van der Waals surface area contributed by atoms with E-state index in [9.17, 15) is 4.79 Å². The molecule has 0 spiro atoms. The van der Waals surface area contributed by atoms with Crippen molar-refractivity contribution < 1.29 is 10.0 Å². The summed E-state index contributed by atoms with van der Waals surface area (Å²) in [4.78, 5) is 14.2. The highest BCUT2D eigenvalue weighted by atomic mass is 16.4. The molecule has 3 rings (SSSR count). The SMILES string of the molecule is CC(CN(C)C(=O)C1C2C3CCC(C3)C12)C(N)=NO. The molecular weight excluding hydrogens is 242 g/mol. The van der Waals surface area contributed by atoms with Crippen molar-refractivity contribution in [2.75, 3.05) is 13.6 Å². The van der Waals surface area contributed by atoms with Crippen LogP contribution in [0.4, 0.5) is 0 Å². The maximum absolute atomic E-state index is 12.5. The van der Waals surface area contributed by atoms with E-state index in [-0.39, 0.29) is 23.6 Å². The second-order valence-electron chi connectivity index (χ2n) is 6.66. The monoisotopic (exact) mass is 265 g/mol. The van der Waals surface area contributed by atoms with Gasteiger partial charge in [-0.05, 0) is 42.9 Å². The molecule has 0 heterocycles. The van der Waals surface area contributed by atoms with Crippen molar-refractivity contribution in [3.05, 3.63) is 0 Å². The maximum Gasteiger partial charge on any atom is 0.226 e. The summed E-state index contributed by atoms with van der Waals surface area (Å²) in [6, 6.07) is 0. The second-order valence-corrected chi connectivity index (χ2v) is 6.66. The Morgan fingerprint density at radius 1 is 1.42 bits per heavy atom. The van der Waals surface area contributed by atoms with Crippen molar-refractivity contribution >= 4 is 11.7 Å². The van der Waals surface area contributed by atoms with Crippen LogP contribution in [-0.2, 0) is 4.79 Å². The molecule has 5 atom stereocenters. The van der Waals surface area contributed by atoms with Crippen LogP contribution in [0.15, 0.2) is 5.16 Å². The molecule has 19 heavy (non-hydrogen) atoms. The zero-order valence-corrected chi connectivity index (χ0v) is 11.6. The van der Waals surface area contributed by atoms with Gasteiger partial charge in [0.25, 0.3) is 0 Å². The zero-order chi connectivity index (χ0) is 13.7. The lowest BCUT2D eigenvalue weighted by molar-refractivity contribution is -0.132. The van der Waals surface area contributed by atoms with Gasteiger partial charge in [0.05, 0.1) is 0 Å². The van der Waals surface area contributed by atoms with E-state index in [1.807, 2.05) is 14.0 Å². The minimum Gasteiger partial charge on any atom is -0.409 e. The number of nitrogens with zero attached hydrogens (tertiary/aromatic N) is 2. The van der Waals surface area contributed by atoms with Crippen LogP contribution in [0, 0.1) is 35.5 Å². The number of hydrogen-bond donors (Lipinski definition) is 2. The molecule has 5 heteroatoms. The van der Waals surface area contributed by atoms with Crippen LogP contribution in [0.5, 0.6) is 0 Å². The van der Waals surface area contributed by atoms with Gasteiger partial charge in [-0.3, -0.25) is 4.79 Å². The molecule has 3 saturated carbocycles. The van der Waals surface area contributed by atoms with Crippen LogP contribution in [0.25, 0.3) is 0 Å². The fourth-order valence-corrected chi connectivity index (χ4v) is 4.60. The van der Waals surface area contributed by atoms with Crippen molar-refractivity contribution in [2.24, 2.45) is 46.4 Å². The lowest BCUT2D eigenvalue weighted by Gasteiger charge is -2.22. The van der Waals surface area contributed by atoms with Crippen LogP contribution in [0.3, 0.4) is 0 Å². The number of nitrogens with two attached hydrogens (primary N) is 1. The molecule has 0 aromatic rings. The minimum atomic E-state index is -0.103. The number of rotatable bonds is 4. The Bertz CT molecular complexity index is 407. The normalized spacial score (nSPS) is 40.9. The first-order valence-electron chi connectivity index (χ1n) is 7.27. The van der Waals surface area contributed by atoms with E-state index >= 15 is 0 Å². The quantitative estimate of drug-likeness (QED) is 0.346. The van der Waals surface area contributed by atoms with Gasteiger partial charge in [-0.2, -0.15) is 0 Å². The van der Waals surface area contributed by atoms with E-state index in [0.717, 1.165) is 11.8 Å². The van der Waals surface area contributed by atoms with Crippen molar-refractivity contribution in [3.63, 3.8) is 0 Å². The first-order valence-corrected chi connectivity index (χ1v) is 7.27. The topological polar surface area (TPSA) is 78.9 Å². The highest BCUT2D eigenvalue weighted by molar-refractivity contribution is 5.85. The third kappa shape index (κ3) is 1.90. The van der Waals surface area contributed by atoms with Gasteiger partial charge in [0.15, 0.2) is 0 Å². The fourth-order valence-electron chi connectivity index (χ4n) is 4.60. The van der Waals surface area contributed by atoms with Gasteiger partial charge in [-0.15, -0.1) is 0 Å². The van der Waals surface area contributed by atoms with E-state index in [1.54, 1.807) is 4.90 Å².